The first-order chi connectivity index (χ1) is 8.04. The van der Waals surface area contributed by atoms with Gasteiger partial charge in [-0.15, -0.1) is 0 Å². The summed E-state index contributed by atoms with van der Waals surface area (Å²) < 4.78 is 0.773. The van der Waals surface area contributed by atoms with E-state index in [9.17, 15) is 9.59 Å². The monoisotopic (exact) mass is 360 g/mol. The number of ketones is 1. The van der Waals surface area contributed by atoms with Gasteiger partial charge in [0.1, 0.15) is 5.78 Å². The van der Waals surface area contributed by atoms with Crippen LogP contribution >= 0.6 is 31.9 Å². The van der Waals surface area contributed by atoms with E-state index >= 15 is 0 Å². The van der Waals surface area contributed by atoms with Crippen LogP contribution in [0.1, 0.15) is 11.1 Å². The molecule has 3 nitrogen and oxygen atoms in total. The molecule has 0 aliphatic heterocycles. The van der Waals surface area contributed by atoms with Gasteiger partial charge in [-0.2, -0.15) is 0 Å². The van der Waals surface area contributed by atoms with Crippen LogP contribution < -0.4 is 0 Å². The molecule has 0 amide bonds. The van der Waals surface area contributed by atoms with Crippen LogP contribution in [0, 0.1) is 0 Å². The summed E-state index contributed by atoms with van der Waals surface area (Å²) in [6.45, 7) is 0. The highest BCUT2D eigenvalue weighted by atomic mass is 79.9. The number of benzene rings is 1. The summed E-state index contributed by atoms with van der Waals surface area (Å²) in [5.41, 5.74) is 1.53. The molecule has 1 aromatic rings. The van der Waals surface area contributed by atoms with E-state index in [0.29, 0.717) is 5.33 Å². The van der Waals surface area contributed by atoms with Gasteiger partial charge in [-0.1, -0.05) is 44.0 Å². The maximum atomic E-state index is 11.4. The minimum absolute atomic E-state index is 0.0491. The molecular formula is C12H10Br2O3. The molecule has 0 unspecified atom stereocenters. The average molecular weight is 362 g/mol. The second-order valence-electron chi connectivity index (χ2n) is 3.33. The third-order valence-corrected chi connectivity index (χ3v) is 3.39. The molecule has 0 saturated heterocycles. The Morgan fingerprint density at radius 1 is 1.35 bits per heavy atom. The van der Waals surface area contributed by atoms with Crippen molar-refractivity contribution in [1.29, 1.82) is 0 Å². The quantitative estimate of drug-likeness (QED) is 0.647. The maximum Gasteiger partial charge on any atom is 0.328 e. The van der Waals surface area contributed by atoms with Crippen molar-refractivity contribution in [3.05, 3.63) is 39.9 Å². The second-order valence-corrected chi connectivity index (χ2v) is 4.75. The van der Waals surface area contributed by atoms with E-state index in [1.807, 2.05) is 18.2 Å². The number of carboxylic acid groups (broad SMARTS) is 1. The molecule has 5 heteroatoms. The molecule has 0 aliphatic rings. The fraction of sp³-hybridized carbons (Fsp3) is 0.167. The SMILES string of the molecule is O=C(O)/C=C/c1c(Br)cccc1CC(=O)CBr. The molecule has 0 heterocycles. The molecule has 0 aromatic heterocycles. The molecule has 0 bridgehead atoms. The number of hydrogen-bond acceptors (Lipinski definition) is 2. The van der Waals surface area contributed by atoms with E-state index in [1.54, 1.807) is 0 Å². The lowest BCUT2D eigenvalue weighted by Crippen LogP contribution is -2.05. The summed E-state index contributed by atoms with van der Waals surface area (Å²) in [7, 11) is 0. The number of carbonyl (C=O) groups is 2. The van der Waals surface area contributed by atoms with E-state index in [0.717, 1.165) is 21.7 Å². The van der Waals surface area contributed by atoms with Crippen LogP contribution in [0.5, 0.6) is 0 Å². The van der Waals surface area contributed by atoms with Crippen molar-refractivity contribution < 1.29 is 14.7 Å². The van der Waals surface area contributed by atoms with Gasteiger partial charge in [-0.3, -0.25) is 4.79 Å². The van der Waals surface area contributed by atoms with Gasteiger partial charge >= 0.3 is 5.97 Å². The lowest BCUT2D eigenvalue weighted by Gasteiger charge is -2.06. The van der Waals surface area contributed by atoms with Crippen LogP contribution in [-0.2, 0) is 16.0 Å². The molecule has 0 aliphatic carbocycles. The first-order valence-corrected chi connectivity index (χ1v) is 6.72. The van der Waals surface area contributed by atoms with Crippen LogP contribution in [0.2, 0.25) is 0 Å². The highest BCUT2D eigenvalue weighted by Crippen LogP contribution is 2.23. The van der Waals surface area contributed by atoms with Crippen LogP contribution in [0.15, 0.2) is 28.7 Å². The topological polar surface area (TPSA) is 54.4 Å². The standard InChI is InChI=1S/C12H10Br2O3/c13-7-9(15)6-8-2-1-3-11(14)10(8)4-5-12(16)17/h1-5H,6-7H2,(H,16,17)/b5-4+. The molecule has 0 fully saturated rings. The Bertz CT molecular complexity index is 467. The first-order valence-electron chi connectivity index (χ1n) is 4.80. The Morgan fingerprint density at radius 3 is 2.65 bits per heavy atom. The lowest BCUT2D eigenvalue weighted by molar-refractivity contribution is -0.131. The molecule has 0 atom stereocenters. The maximum absolute atomic E-state index is 11.4. The fourth-order valence-electron chi connectivity index (χ4n) is 1.34. The summed E-state index contributed by atoms with van der Waals surface area (Å²) in [6.07, 6.45) is 2.83. The minimum Gasteiger partial charge on any atom is -0.478 e. The van der Waals surface area contributed by atoms with Crippen molar-refractivity contribution in [1.82, 2.24) is 0 Å². The molecule has 1 aromatic carbocycles. The van der Waals surface area contributed by atoms with Gasteiger partial charge in [0.2, 0.25) is 0 Å². The number of aliphatic carboxylic acids is 1. The number of alkyl halides is 1. The molecular weight excluding hydrogens is 352 g/mol. The van der Waals surface area contributed by atoms with Gasteiger partial charge in [0.05, 0.1) is 5.33 Å². The van der Waals surface area contributed by atoms with Crippen LogP contribution in [0.3, 0.4) is 0 Å². The van der Waals surface area contributed by atoms with Gasteiger partial charge in [0, 0.05) is 17.0 Å². The van der Waals surface area contributed by atoms with Gasteiger partial charge in [-0.25, -0.2) is 4.79 Å². The zero-order chi connectivity index (χ0) is 12.8. The molecule has 1 rings (SSSR count). The Hall–Kier alpha value is -0.940. The third-order valence-electron chi connectivity index (χ3n) is 2.07. The normalized spacial score (nSPS) is 10.7. The van der Waals surface area contributed by atoms with E-state index in [4.69, 9.17) is 5.11 Å². The summed E-state index contributed by atoms with van der Waals surface area (Å²) in [5, 5.41) is 8.90. The van der Waals surface area contributed by atoms with Gasteiger partial charge < -0.3 is 5.11 Å². The van der Waals surface area contributed by atoms with Crippen molar-refractivity contribution in [2.75, 3.05) is 5.33 Å². The predicted molar refractivity (Wildman–Crippen MR) is 73.3 cm³/mol. The third kappa shape index (κ3) is 4.44. The van der Waals surface area contributed by atoms with E-state index in [2.05, 4.69) is 31.9 Å². The summed E-state index contributed by atoms with van der Waals surface area (Å²) in [4.78, 5) is 21.9. The Kier molecular flexibility index (Phi) is 5.58. The summed E-state index contributed by atoms with van der Waals surface area (Å²) in [5.74, 6) is -0.966. The zero-order valence-corrected chi connectivity index (χ0v) is 12.0. The number of carboxylic acids is 1. The predicted octanol–water partition coefficient (Wildman–Crippen LogP) is 3.05. The number of Topliss-reactive ketones (excluding diaryl/α,β-unsaturated/α-hetero) is 1. The first kappa shape index (κ1) is 14.1. The van der Waals surface area contributed by atoms with Gasteiger partial charge in [-0.05, 0) is 23.3 Å². The lowest BCUT2D eigenvalue weighted by atomic mass is 10.0. The largest absolute Gasteiger partial charge is 0.478 e. The zero-order valence-electron chi connectivity index (χ0n) is 8.82. The molecule has 0 spiro atoms. The van der Waals surface area contributed by atoms with Crippen molar-refractivity contribution in [2.45, 2.75) is 6.42 Å². The number of carbonyl (C=O) groups excluding carboxylic acids is 1. The summed E-state index contributed by atoms with van der Waals surface area (Å²) in [6, 6.07) is 5.44. The van der Waals surface area contributed by atoms with E-state index in [1.165, 1.54) is 6.08 Å². The van der Waals surface area contributed by atoms with E-state index in [-0.39, 0.29) is 12.2 Å². The van der Waals surface area contributed by atoms with Crippen molar-refractivity contribution >= 4 is 49.7 Å². The Balaban J connectivity index is 3.08. The molecule has 0 radical (unpaired) electrons. The van der Waals surface area contributed by atoms with E-state index < -0.39 is 5.97 Å². The molecule has 0 saturated carbocycles. The molecule has 90 valence electrons. The van der Waals surface area contributed by atoms with Crippen molar-refractivity contribution in [3.8, 4) is 0 Å². The van der Waals surface area contributed by atoms with Crippen molar-refractivity contribution in [2.24, 2.45) is 0 Å². The second kappa shape index (κ2) is 6.71. The fourth-order valence-corrected chi connectivity index (χ4v) is 2.07. The van der Waals surface area contributed by atoms with Gasteiger partial charge in [0.25, 0.3) is 0 Å². The van der Waals surface area contributed by atoms with Gasteiger partial charge in [0.15, 0.2) is 0 Å². The molecule has 17 heavy (non-hydrogen) atoms. The van der Waals surface area contributed by atoms with Crippen molar-refractivity contribution in [3.63, 3.8) is 0 Å². The van der Waals surface area contributed by atoms with Crippen LogP contribution in [0.4, 0.5) is 0 Å². The highest BCUT2D eigenvalue weighted by Gasteiger charge is 2.08. The summed E-state index contributed by atoms with van der Waals surface area (Å²) >= 11 is 6.45. The number of rotatable bonds is 5. The van der Waals surface area contributed by atoms with Crippen LogP contribution in [0.25, 0.3) is 6.08 Å². The highest BCUT2D eigenvalue weighted by molar-refractivity contribution is 9.10. The minimum atomic E-state index is -1.02. The number of hydrogen-bond donors (Lipinski definition) is 1. The Labute approximate surface area is 116 Å². The number of halogens is 2. The smallest absolute Gasteiger partial charge is 0.328 e. The Morgan fingerprint density at radius 2 is 2.06 bits per heavy atom. The van der Waals surface area contributed by atoms with Crippen LogP contribution in [-0.4, -0.2) is 22.2 Å². The molecule has 1 N–H and O–H groups in total. The average Bonchev–Trinajstić information content (AvgIpc) is 2.27.